The zero-order valence-electron chi connectivity index (χ0n) is 7.98. The number of carbonyl (C=O) groups excluding carboxylic acids is 1. The number of phenols is 1. The fraction of sp³-hybridized carbons (Fsp3) is 0.100. The standard InChI is InChI=1S/C10H9NO4/c1-14-10(13)9-3-5-2-7(12)6(11)4-8(5)15-9/h2-4,12H,11H2,1H3. The van der Waals surface area contributed by atoms with Gasteiger partial charge in [0.1, 0.15) is 11.3 Å². The zero-order chi connectivity index (χ0) is 11.0. The Kier molecular flexibility index (Phi) is 2.00. The maximum Gasteiger partial charge on any atom is 0.373 e. The molecule has 5 nitrogen and oxygen atoms in total. The molecule has 2 aromatic rings. The van der Waals surface area contributed by atoms with E-state index in [9.17, 15) is 9.90 Å². The molecule has 5 heteroatoms. The minimum Gasteiger partial charge on any atom is -0.506 e. The number of benzene rings is 1. The van der Waals surface area contributed by atoms with E-state index in [1.165, 1.54) is 25.3 Å². The van der Waals surface area contributed by atoms with Gasteiger partial charge in [-0.1, -0.05) is 0 Å². The zero-order valence-corrected chi connectivity index (χ0v) is 7.98. The summed E-state index contributed by atoms with van der Waals surface area (Å²) >= 11 is 0. The van der Waals surface area contributed by atoms with Gasteiger partial charge >= 0.3 is 5.97 Å². The highest BCUT2D eigenvalue weighted by Crippen LogP contribution is 2.29. The van der Waals surface area contributed by atoms with Crippen LogP contribution in [0.25, 0.3) is 11.0 Å². The molecule has 3 N–H and O–H groups in total. The smallest absolute Gasteiger partial charge is 0.373 e. The van der Waals surface area contributed by atoms with Gasteiger partial charge in [-0.2, -0.15) is 0 Å². The van der Waals surface area contributed by atoms with Gasteiger partial charge in [0.15, 0.2) is 0 Å². The summed E-state index contributed by atoms with van der Waals surface area (Å²) in [5, 5.41) is 9.94. The van der Waals surface area contributed by atoms with Crippen LogP contribution in [0.15, 0.2) is 22.6 Å². The molecule has 0 radical (unpaired) electrons. The van der Waals surface area contributed by atoms with Gasteiger partial charge in [-0.15, -0.1) is 0 Å². The lowest BCUT2D eigenvalue weighted by Crippen LogP contribution is -1.97. The molecule has 0 spiro atoms. The molecule has 1 heterocycles. The van der Waals surface area contributed by atoms with Crippen molar-refractivity contribution >= 4 is 22.6 Å². The molecule has 0 fully saturated rings. The Morgan fingerprint density at radius 1 is 1.47 bits per heavy atom. The Labute approximate surface area is 85.0 Å². The van der Waals surface area contributed by atoms with Crippen molar-refractivity contribution in [3.05, 3.63) is 24.0 Å². The summed E-state index contributed by atoms with van der Waals surface area (Å²) in [4.78, 5) is 11.1. The molecule has 0 aliphatic heterocycles. The van der Waals surface area contributed by atoms with Crippen LogP contribution in [0.5, 0.6) is 5.75 Å². The normalized spacial score (nSPS) is 10.5. The topological polar surface area (TPSA) is 85.7 Å². The molecule has 0 unspecified atom stereocenters. The number of nitrogens with two attached hydrogens (primary N) is 1. The summed E-state index contributed by atoms with van der Waals surface area (Å²) in [6.45, 7) is 0. The first-order valence-corrected chi connectivity index (χ1v) is 4.22. The average molecular weight is 207 g/mol. The van der Waals surface area contributed by atoms with E-state index in [0.717, 1.165) is 0 Å². The van der Waals surface area contributed by atoms with Crippen LogP contribution in [0, 0.1) is 0 Å². The van der Waals surface area contributed by atoms with Crippen LogP contribution in [0.1, 0.15) is 10.6 Å². The van der Waals surface area contributed by atoms with Gasteiger partial charge in [-0.25, -0.2) is 4.79 Å². The molecule has 78 valence electrons. The molecule has 0 amide bonds. The number of aromatic hydroxyl groups is 1. The third kappa shape index (κ3) is 1.48. The third-order valence-corrected chi connectivity index (χ3v) is 2.05. The highest BCUT2D eigenvalue weighted by molar-refractivity contribution is 5.94. The van der Waals surface area contributed by atoms with Crippen molar-refractivity contribution in [2.75, 3.05) is 12.8 Å². The van der Waals surface area contributed by atoms with Crippen molar-refractivity contribution < 1.29 is 19.1 Å². The fourth-order valence-corrected chi connectivity index (χ4v) is 1.29. The van der Waals surface area contributed by atoms with Crippen LogP contribution in [-0.4, -0.2) is 18.2 Å². The van der Waals surface area contributed by atoms with Crippen molar-refractivity contribution in [3.63, 3.8) is 0 Å². The summed E-state index contributed by atoms with van der Waals surface area (Å²) in [6, 6.07) is 4.37. The fourth-order valence-electron chi connectivity index (χ4n) is 1.29. The molecular weight excluding hydrogens is 198 g/mol. The first kappa shape index (κ1) is 9.39. The average Bonchev–Trinajstić information content (AvgIpc) is 2.60. The highest BCUT2D eigenvalue weighted by Gasteiger charge is 2.13. The van der Waals surface area contributed by atoms with E-state index in [4.69, 9.17) is 10.2 Å². The van der Waals surface area contributed by atoms with E-state index in [1.807, 2.05) is 0 Å². The highest BCUT2D eigenvalue weighted by atomic mass is 16.5. The van der Waals surface area contributed by atoms with Crippen molar-refractivity contribution in [1.29, 1.82) is 0 Å². The number of nitrogen functional groups attached to an aromatic ring is 1. The van der Waals surface area contributed by atoms with Gasteiger partial charge in [0.25, 0.3) is 0 Å². The number of ether oxygens (including phenoxy) is 1. The van der Waals surface area contributed by atoms with E-state index in [1.54, 1.807) is 0 Å². The predicted octanol–water partition coefficient (Wildman–Crippen LogP) is 1.51. The van der Waals surface area contributed by atoms with Crippen LogP contribution in [0.3, 0.4) is 0 Å². The molecule has 0 aliphatic rings. The second-order valence-electron chi connectivity index (χ2n) is 3.05. The molecule has 0 bridgehead atoms. The van der Waals surface area contributed by atoms with Crippen LogP contribution in [-0.2, 0) is 4.74 Å². The van der Waals surface area contributed by atoms with E-state index < -0.39 is 5.97 Å². The number of hydrogen-bond acceptors (Lipinski definition) is 5. The largest absolute Gasteiger partial charge is 0.506 e. The number of carbonyl (C=O) groups is 1. The number of esters is 1. The van der Waals surface area contributed by atoms with E-state index >= 15 is 0 Å². The molecule has 0 aliphatic carbocycles. The Morgan fingerprint density at radius 3 is 2.87 bits per heavy atom. The number of anilines is 1. The minimum absolute atomic E-state index is 0.0419. The van der Waals surface area contributed by atoms with Gasteiger partial charge in [0, 0.05) is 11.5 Å². The van der Waals surface area contributed by atoms with Gasteiger partial charge in [-0.3, -0.25) is 0 Å². The lowest BCUT2D eigenvalue weighted by molar-refractivity contribution is 0.0567. The Morgan fingerprint density at radius 2 is 2.20 bits per heavy atom. The number of hydrogen-bond donors (Lipinski definition) is 2. The second-order valence-corrected chi connectivity index (χ2v) is 3.05. The van der Waals surface area contributed by atoms with Crippen LogP contribution < -0.4 is 5.73 Å². The Bertz CT molecular complexity index is 490. The maximum atomic E-state index is 11.1. The molecule has 1 aromatic carbocycles. The monoisotopic (exact) mass is 207 g/mol. The molecule has 0 saturated carbocycles. The van der Waals surface area contributed by atoms with Gasteiger partial charge in [-0.05, 0) is 12.1 Å². The third-order valence-electron chi connectivity index (χ3n) is 2.05. The number of phenolic OH excluding ortho intramolecular Hbond substituents is 1. The maximum absolute atomic E-state index is 11.1. The van der Waals surface area contributed by atoms with Crippen LogP contribution in [0.2, 0.25) is 0 Å². The van der Waals surface area contributed by atoms with Gasteiger partial charge < -0.3 is 20.0 Å². The molecule has 2 rings (SSSR count). The lowest BCUT2D eigenvalue weighted by Gasteiger charge is -1.96. The molecule has 0 saturated heterocycles. The van der Waals surface area contributed by atoms with Gasteiger partial charge in [0.05, 0.1) is 12.8 Å². The van der Waals surface area contributed by atoms with Crippen molar-refractivity contribution in [3.8, 4) is 5.75 Å². The number of fused-ring (bicyclic) bond motifs is 1. The summed E-state index contributed by atoms with van der Waals surface area (Å²) < 4.78 is 9.69. The molecular formula is C10H9NO4. The predicted molar refractivity (Wildman–Crippen MR) is 53.6 cm³/mol. The van der Waals surface area contributed by atoms with Crippen molar-refractivity contribution in [2.45, 2.75) is 0 Å². The molecule has 15 heavy (non-hydrogen) atoms. The molecule has 1 aromatic heterocycles. The van der Waals surface area contributed by atoms with Crippen molar-refractivity contribution in [2.24, 2.45) is 0 Å². The minimum atomic E-state index is -0.565. The summed E-state index contributed by atoms with van der Waals surface area (Å²) in [5.41, 5.74) is 6.12. The Balaban J connectivity index is 2.61. The van der Waals surface area contributed by atoms with E-state index in [-0.39, 0.29) is 17.2 Å². The quantitative estimate of drug-likeness (QED) is 0.420. The lowest BCUT2D eigenvalue weighted by atomic mass is 10.2. The SMILES string of the molecule is COC(=O)c1cc2cc(O)c(N)cc2o1. The van der Waals surface area contributed by atoms with Crippen molar-refractivity contribution in [1.82, 2.24) is 0 Å². The Hall–Kier alpha value is -2.17. The van der Waals surface area contributed by atoms with Crippen LogP contribution in [0.4, 0.5) is 5.69 Å². The first-order chi connectivity index (χ1) is 7.11. The van der Waals surface area contributed by atoms with Crippen LogP contribution >= 0.6 is 0 Å². The number of rotatable bonds is 1. The molecule has 0 atom stereocenters. The second kappa shape index (κ2) is 3.20. The summed E-state index contributed by atoms with van der Waals surface area (Å²) in [5.74, 6) is -0.526. The van der Waals surface area contributed by atoms with E-state index in [2.05, 4.69) is 4.74 Å². The summed E-state index contributed by atoms with van der Waals surface area (Å²) in [6.07, 6.45) is 0. The van der Waals surface area contributed by atoms with Gasteiger partial charge in [0.2, 0.25) is 5.76 Å². The summed E-state index contributed by atoms with van der Waals surface area (Å²) in [7, 11) is 1.27. The first-order valence-electron chi connectivity index (χ1n) is 4.22. The van der Waals surface area contributed by atoms with E-state index in [0.29, 0.717) is 11.0 Å². The number of methoxy groups -OCH3 is 1. The number of furan rings is 1.